The molecule has 1 aromatic carbocycles. The lowest BCUT2D eigenvalue weighted by atomic mass is 9.63. The molecule has 0 N–H and O–H groups in total. The molecule has 0 spiro atoms. The van der Waals surface area contributed by atoms with Gasteiger partial charge in [0.1, 0.15) is 0 Å². The molecule has 4 atom stereocenters. The van der Waals surface area contributed by atoms with Crippen molar-refractivity contribution in [2.45, 2.75) is 19.8 Å². The average Bonchev–Trinajstić information content (AvgIpc) is 2.77. The van der Waals surface area contributed by atoms with Gasteiger partial charge in [-0.15, -0.1) is 0 Å². The van der Waals surface area contributed by atoms with E-state index in [2.05, 4.69) is 12.2 Å². The molecule has 1 saturated heterocycles. The molecule has 2 amide bonds. The Morgan fingerprint density at radius 3 is 2.14 bits per heavy atom. The molecular formula is C17H16ClNO2. The molecule has 3 nitrogen and oxygen atoms in total. The van der Waals surface area contributed by atoms with Crippen LogP contribution < -0.4 is 4.90 Å². The van der Waals surface area contributed by atoms with Crippen molar-refractivity contribution in [3.8, 4) is 0 Å². The number of rotatable bonds is 1. The van der Waals surface area contributed by atoms with E-state index in [1.165, 1.54) is 4.90 Å². The van der Waals surface area contributed by atoms with Crippen LogP contribution in [0.5, 0.6) is 0 Å². The third kappa shape index (κ3) is 1.73. The Hall–Kier alpha value is -1.61. The number of hydrogen-bond donors (Lipinski definition) is 0. The molecule has 1 heterocycles. The minimum absolute atomic E-state index is 0.0468. The number of allylic oxidation sites excluding steroid dienone is 2. The number of carbonyl (C=O) groups excluding carboxylic acids is 2. The number of nitrogens with zero attached hydrogens (tertiary/aromatic N) is 1. The highest BCUT2D eigenvalue weighted by Crippen LogP contribution is 2.50. The molecule has 108 valence electrons. The van der Waals surface area contributed by atoms with E-state index in [0.717, 1.165) is 18.4 Å². The van der Waals surface area contributed by atoms with E-state index in [9.17, 15) is 9.59 Å². The molecule has 4 aliphatic rings. The number of hydrogen-bond acceptors (Lipinski definition) is 2. The first-order chi connectivity index (χ1) is 10.1. The Kier molecular flexibility index (Phi) is 2.77. The fourth-order valence-corrected chi connectivity index (χ4v) is 4.30. The van der Waals surface area contributed by atoms with Crippen molar-refractivity contribution in [1.82, 2.24) is 0 Å². The van der Waals surface area contributed by atoms with E-state index in [4.69, 9.17) is 11.6 Å². The van der Waals surface area contributed by atoms with Crippen LogP contribution in [0.1, 0.15) is 18.4 Å². The zero-order valence-corrected chi connectivity index (χ0v) is 12.5. The van der Waals surface area contributed by atoms with Crippen LogP contribution >= 0.6 is 11.6 Å². The van der Waals surface area contributed by atoms with Gasteiger partial charge in [-0.2, -0.15) is 0 Å². The molecule has 21 heavy (non-hydrogen) atoms. The number of carbonyl (C=O) groups is 2. The molecule has 1 saturated carbocycles. The van der Waals surface area contributed by atoms with Gasteiger partial charge < -0.3 is 0 Å². The highest BCUT2D eigenvalue weighted by Gasteiger charge is 2.57. The molecule has 5 rings (SSSR count). The molecule has 0 unspecified atom stereocenters. The Morgan fingerprint density at radius 1 is 1.05 bits per heavy atom. The van der Waals surface area contributed by atoms with Gasteiger partial charge in [-0.05, 0) is 49.3 Å². The third-order valence-corrected chi connectivity index (χ3v) is 5.41. The topological polar surface area (TPSA) is 37.4 Å². The fourth-order valence-electron chi connectivity index (χ4n) is 4.14. The third-order valence-electron chi connectivity index (χ3n) is 5.17. The number of fused-ring (bicyclic) bond motifs is 1. The maximum atomic E-state index is 12.8. The van der Waals surface area contributed by atoms with Gasteiger partial charge in [-0.25, -0.2) is 4.90 Å². The summed E-state index contributed by atoms with van der Waals surface area (Å²) in [6.07, 6.45) is 6.30. The van der Waals surface area contributed by atoms with Gasteiger partial charge in [0.05, 0.1) is 17.5 Å². The monoisotopic (exact) mass is 301 g/mol. The molecule has 2 fully saturated rings. The van der Waals surface area contributed by atoms with Crippen LogP contribution in [0.2, 0.25) is 5.02 Å². The van der Waals surface area contributed by atoms with Crippen LogP contribution in [0.3, 0.4) is 0 Å². The van der Waals surface area contributed by atoms with E-state index < -0.39 is 0 Å². The summed E-state index contributed by atoms with van der Waals surface area (Å²) in [5.41, 5.74) is 1.55. The van der Waals surface area contributed by atoms with Crippen LogP contribution in [0.25, 0.3) is 0 Å². The van der Waals surface area contributed by atoms with Gasteiger partial charge >= 0.3 is 0 Å². The smallest absolute Gasteiger partial charge is 0.238 e. The number of benzene rings is 1. The lowest BCUT2D eigenvalue weighted by Crippen LogP contribution is -2.38. The van der Waals surface area contributed by atoms with Crippen LogP contribution in [0.4, 0.5) is 5.69 Å². The maximum absolute atomic E-state index is 12.8. The standard InChI is InChI=1S/C17H16ClNO2/c1-9-2-7-12(18)8-13(9)19-16(20)14-10-3-4-11(6-5-10)15(14)17(19)21/h2-4,7-8,10-11,14-15H,5-6H2,1H3/t10-,11+,14-,15-/m0/s1. The molecule has 0 radical (unpaired) electrons. The molecule has 2 bridgehead atoms. The van der Waals surface area contributed by atoms with Gasteiger partial charge in [-0.3, -0.25) is 9.59 Å². The van der Waals surface area contributed by atoms with Gasteiger partial charge in [0, 0.05) is 5.02 Å². The molecule has 4 heteroatoms. The van der Waals surface area contributed by atoms with Crippen LogP contribution in [0.15, 0.2) is 30.4 Å². The van der Waals surface area contributed by atoms with Gasteiger partial charge in [0.15, 0.2) is 0 Å². The van der Waals surface area contributed by atoms with Crippen molar-refractivity contribution < 1.29 is 9.59 Å². The van der Waals surface area contributed by atoms with Crippen LogP contribution in [-0.4, -0.2) is 11.8 Å². The first kappa shape index (κ1) is 13.1. The number of imide groups is 1. The maximum Gasteiger partial charge on any atom is 0.238 e. The molecule has 1 aliphatic heterocycles. The number of amides is 2. The summed E-state index contributed by atoms with van der Waals surface area (Å²) in [6, 6.07) is 5.36. The number of halogens is 1. The van der Waals surface area contributed by atoms with Crippen molar-refractivity contribution in [3.63, 3.8) is 0 Å². The quantitative estimate of drug-likeness (QED) is 0.589. The van der Waals surface area contributed by atoms with Crippen molar-refractivity contribution >= 4 is 29.1 Å². The predicted molar refractivity (Wildman–Crippen MR) is 81.0 cm³/mol. The van der Waals surface area contributed by atoms with E-state index >= 15 is 0 Å². The zero-order chi connectivity index (χ0) is 14.7. The largest absolute Gasteiger partial charge is 0.274 e. The van der Waals surface area contributed by atoms with E-state index in [0.29, 0.717) is 10.7 Å². The van der Waals surface area contributed by atoms with Crippen molar-refractivity contribution in [3.05, 3.63) is 40.9 Å². The second-order valence-electron chi connectivity index (χ2n) is 6.28. The zero-order valence-electron chi connectivity index (χ0n) is 11.8. The second-order valence-corrected chi connectivity index (χ2v) is 6.72. The minimum atomic E-state index is -0.167. The van der Waals surface area contributed by atoms with Crippen molar-refractivity contribution in [2.75, 3.05) is 4.90 Å². The van der Waals surface area contributed by atoms with E-state index in [1.54, 1.807) is 12.1 Å². The highest BCUT2D eigenvalue weighted by molar-refractivity contribution is 6.31. The lowest BCUT2D eigenvalue weighted by molar-refractivity contribution is -0.124. The Labute approximate surface area is 128 Å². The van der Waals surface area contributed by atoms with E-state index in [1.807, 2.05) is 13.0 Å². The van der Waals surface area contributed by atoms with Crippen molar-refractivity contribution in [2.24, 2.45) is 23.7 Å². The SMILES string of the molecule is Cc1ccc(Cl)cc1N1C(=O)[C@@H]2[C@@H](C1=O)[C@H]1C=C[C@@H]2CC1. The summed E-state index contributed by atoms with van der Waals surface area (Å²) < 4.78 is 0. The summed E-state index contributed by atoms with van der Waals surface area (Å²) >= 11 is 6.05. The first-order valence-corrected chi connectivity index (χ1v) is 7.78. The Morgan fingerprint density at radius 2 is 1.62 bits per heavy atom. The number of anilines is 1. The minimum Gasteiger partial charge on any atom is -0.274 e. The summed E-state index contributed by atoms with van der Waals surface area (Å²) in [5, 5.41) is 0.548. The molecule has 1 aromatic rings. The molecule has 3 aliphatic carbocycles. The van der Waals surface area contributed by atoms with Crippen LogP contribution in [0, 0.1) is 30.6 Å². The highest BCUT2D eigenvalue weighted by atomic mass is 35.5. The normalized spacial score (nSPS) is 33.7. The predicted octanol–water partition coefficient (Wildman–Crippen LogP) is 3.35. The molecule has 0 aromatic heterocycles. The number of aryl methyl sites for hydroxylation is 1. The second kappa shape index (κ2) is 4.44. The summed E-state index contributed by atoms with van der Waals surface area (Å²) in [5.74, 6) is 0.0185. The fraction of sp³-hybridized carbons (Fsp3) is 0.412. The van der Waals surface area contributed by atoms with Crippen molar-refractivity contribution in [1.29, 1.82) is 0 Å². The summed E-state index contributed by atoms with van der Waals surface area (Å²) in [7, 11) is 0. The Balaban J connectivity index is 1.80. The van der Waals surface area contributed by atoms with Crippen LogP contribution in [-0.2, 0) is 9.59 Å². The lowest BCUT2D eigenvalue weighted by Gasteiger charge is -2.38. The van der Waals surface area contributed by atoms with E-state index in [-0.39, 0.29) is 35.5 Å². The van der Waals surface area contributed by atoms with Gasteiger partial charge in [0.25, 0.3) is 0 Å². The average molecular weight is 302 g/mol. The molecular weight excluding hydrogens is 286 g/mol. The van der Waals surface area contributed by atoms with Gasteiger partial charge in [-0.1, -0.05) is 29.8 Å². The summed E-state index contributed by atoms with van der Waals surface area (Å²) in [4.78, 5) is 27.0. The summed E-state index contributed by atoms with van der Waals surface area (Å²) in [6.45, 7) is 1.90. The Bertz CT molecular complexity index is 649. The first-order valence-electron chi connectivity index (χ1n) is 7.40. The van der Waals surface area contributed by atoms with Gasteiger partial charge in [0.2, 0.25) is 11.8 Å².